The predicted octanol–water partition coefficient (Wildman–Crippen LogP) is 4.37. The third-order valence-corrected chi connectivity index (χ3v) is 3.73. The maximum Gasteiger partial charge on any atom is 0.341 e. The number of carboxylic acid groups (broad SMARTS) is 1. The van der Waals surface area contributed by atoms with Gasteiger partial charge >= 0.3 is 5.97 Å². The van der Waals surface area contributed by atoms with E-state index in [2.05, 4.69) is 6.07 Å². The van der Waals surface area contributed by atoms with Gasteiger partial charge in [-0.2, -0.15) is 5.26 Å². The molecule has 0 aliphatic heterocycles. The molecule has 0 bridgehead atoms. The summed E-state index contributed by atoms with van der Waals surface area (Å²) in [7, 11) is 0. The fourth-order valence-electron chi connectivity index (χ4n) is 2.51. The van der Waals surface area contributed by atoms with E-state index >= 15 is 0 Å². The van der Waals surface area contributed by atoms with Crippen molar-refractivity contribution < 1.29 is 14.6 Å². The van der Waals surface area contributed by atoms with Gasteiger partial charge in [0.1, 0.15) is 5.75 Å². The molecule has 0 aromatic heterocycles. The summed E-state index contributed by atoms with van der Waals surface area (Å²) in [6.07, 6.45) is 1.80. The summed E-state index contributed by atoms with van der Waals surface area (Å²) in [4.78, 5) is 10.5. The van der Waals surface area contributed by atoms with Crippen LogP contribution in [0.3, 0.4) is 0 Å². The molecule has 0 spiro atoms. The molecule has 3 aromatic carbocycles. The van der Waals surface area contributed by atoms with Crippen LogP contribution in [0, 0.1) is 11.3 Å². The first-order valence-electron chi connectivity index (χ1n) is 7.71. The van der Waals surface area contributed by atoms with Crippen molar-refractivity contribution in [1.82, 2.24) is 0 Å². The average molecular weight is 329 g/mol. The van der Waals surface area contributed by atoms with Gasteiger partial charge in [-0.15, -0.1) is 0 Å². The van der Waals surface area contributed by atoms with Crippen molar-refractivity contribution in [2.24, 2.45) is 0 Å². The van der Waals surface area contributed by atoms with Gasteiger partial charge in [0.05, 0.1) is 11.6 Å². The first-order chi connectivity index (χ1) is 12.2. The fraction of sp³-hybridized carbons (Fsp3) is 0.0476. The first kappa shape index (κ1) is 16.3. The standard InChI is InChI=1S/C21H15NO3/c22-13-19(18-8-7-16-3-1-2-4-17(16)12-18)11-15-5-9-20(10-6-15)25-14-21(23)24/h1-12H,14H2,(H,23,24). The summed E-state index contributed by atoms with van der Waals surface area (Å²) < 4.78 is 5.10. The summed E-state index contributed by atoms with van der Waals surface area (Å²) in [5, 5.41) is 20.3. The largest absolute Gasteiger partial charge is 0.482 e. The predicted molar refractivity (Wildman–Crippen MR) is 97.0 cm³/mol. The molecule has 0 amide bonds. The fourth-order valence-corrected chi connectivity index (χ4v) is 2.51. The highest BCUT2D eigenvalue weighted by Crippen LogP contribution is 2.23. The average Bonchev–Trinajstić information content (AvgIpc) is 2.65. The molecule has 3 rings (SSSR count). The van der Waals surface area contributed by atoms with Crippen LogP contribution in [-0.4, -0.2) is 17.7 Å². The molecule has 0 saturated heterocycles. The van der Waals surface area contributed by atoms with E-state index in [-0.39, 0.29) is 6.61 Å². The highest BCUT2D eigenvalue weighted by Gasteiger charge is 2.04. The van der Waals surface area contributed by atoms with E-state index < -0.39 is 5.97 Å². The molecular formula is C21H15NO3. The van der Waals surface area contributed by atoms with E-state index in [1.54, 1.807) is 30.3 Å². The monoisotopic (exact) mass is 329 g/mol. The Morgan fingerprint density at radius 3 is 2.44 bits per heavy atom. The van der Waals surface area contributed by atoms with Crippen LogP contribution in [0.15, 0.2) is 66.7 Å². The van der Waals surface area contributed by atoms with Crippen molar-refractivity contribution >= 4 is 28.4 Å². The van der Waals surface area contributed by atoms with E-state index in [1.807, 2.05) is 42.5 Å². The second-order valence-electron chi connectivity index (χ2n) is 5.48. The molecule has 0 saturated carbocycles. The molecule has 4 heteroatoms. The zero-order valence-electron chi connectivity index (χ0n) is 13.3. The Bertz CT molecular complexity index is 982. The smallest absolute Gasteiger partial charge is 0.341 e. The zero-order valence-corrected chi connectivity index (χ0v) is 13.3. The summed E-state index contributed by atoms with van der Waals surface area (Å²) >= 11 is 0. The molecule has 1 N–H and O–H groups in total. The van der Waals surface area contributed by atoms with Crippen LogP contribution in [0.5, 0.6) is 5.75 Å². The molecular weight excluding hydrogens is 314 g/mol. The van der Waals surface area contributed by atoms with Crippen molar-refractivity contribution in [2.75, 3.05) is 6.61 Å². The van der Waals surface area contributed by atoms with Crippen LogP contribution in [0.2, 0.25) is 0 Å². The molecule has 3 aromatic rings. The first-order valence-corrected chi connectivity index (χ1v) is 7.71. The second kappa shape index (κ2) is 7.33. The van der Waals surface area contributed by atoms with Gasteiger partial charge in [0, 0.05) is 0 Å². The molecule has 122 valence electrons. The quantitative estimate of drug-likeness (QED) is 0.557. The molecule has 0 radical (unpaired) electrons. The van der Waals surface area contributed by atoms with E-state index in [4.69, 9.17) is 9.84 Å². The van der Waals surface area contributed by atoms with Crippen molar-refractivity contribution in [3.63, 3.8) is 0 Å². The molecule has 0 heterocycles. The van der Waals surface area contributed by atoms with Crippen molar-refractivity contribution in [2.45, 2.75) is 0 Å². The number of fused-ring (bicyclic) bond motifs is 1. The Labute approximate surface area is 145 Å². The topological polar surface area (TPSA) is 70.3 Å². The molecule has 0 aliphatic carbocycles. The van der Waals surface area contributed by atoms with Gasteiger partial charge < -0.3 is 9.84 Å². The Hall–Kier alpha value is -3.58. The summed E-state index contributed by atoms with van der Waals surface area (Å²) in [6.45, 7) is -0.379. The minimum atomic E-state index is -1.02. The van der Waals surface area contributed by atoms with Crippen LogP contribution >= 0.6 is 0 Å². The number of nitrogens with zero attached hydrogens (tertiary/aromatic N) is 1. The molecule has 0 fully saturated rings. The van der Waals surface area contributed by atoms with Crippen LogP contribution in [0.25, 0.3) is 22.4 Å². The van der Waals surface area contributed by atoms with Gasteiger partial charge in [0.15, 0.2) is 6.61 Å². The normalized spacial score (nSPS) is 11.1. The van der Waals surface area contributed by atoms with Gasteiger partial charge in [0.2, 0.25) is 0 Å². The highest BCUT2D eigenvalue weighted by atomic mass is 16.5. The summed E-state index contributed by atoms with van der Waals surface area (Å²) in [6, 6.07) is 23.1. The molecule has 0 atom stereocenters. The lowest BCUT2D eigenvalue weighted by atomic mass is 10.0. The van der Waals surface area contributed by atoms with Crippen molar-refractivity contribution in [1.29, 1.82) is 5.26 Å². The Morgan fingerprint density at radius 1 is 1.04 bits per heavy atom. The number of hydrogen-bond donors (Lipinski definition) is 1. The van der Waals surface area contributed by atoms with Crippen LogP contribution < -0.4 is 4.74 Å². The van der Waals surface area contributed by atoms with E-state index in [0.717, 1.165) is 21.9 Å². The third kappa shape index (κ3) is 4.04. The number of carboxylic acids is 1. The lowest BCUT2D eigenvalue weighted by Gasteiger charge is -2.05. The molecule has 4 nitrogen and oxygen atoms in total. The Balaban J connectivity index is 1.86. The number of allylic oxidation sites excluding steroid dienone is 1. The van der Waals surface area contributed by atoms with Crippen LogP contribution in [0.4, 0.5) is 0 Å². The van der Waals surface area contributed by atoms with Gasteiger partial charge in [-0.25, -0.2) is 4.79 Å². The van der Waals surface area contributed by atoms with Gasteiger partial charge in [-0.05, 0) is 46.2 Å². The molecule has 0 unspecified atom stereocenters. The number of aliphatic carboxylic acids is 1. The number of rotatable bonds is 5. The minimum Gasteiger partial charge on any atom is -0.482 e. The summed E-state index contributed by atoms with van der Waals surface area (Å²) in [5.74, 6) is -0.546. The SMILES string of the molecule is N#CC(=Cc1ccc(OCC(=O)O)cc1)c1ccc2ccccc2c1. The number of benzene rings is 3. The van der Waals surface area contributed by atoms with Gasteiger partial charge in [-0.3, -0.25) is 0 Å². The third-order valence-electron chi connectivity index (χ3n) is 3.73. The van der Waals surface area contributed by atoms with Crippen molar-refractivity contribution in [3.8, 4) is 11.8 Å². The Morgan fingerprint density at radius 2 is 1.76 bits per heavy atom. The number of carbonyl (C=O) groups is 1. The second-order valence-corrected chi connectivity index (χ2v) is 5.48. The van der Waals surface area contributed by atoms with Crippen molar-refractivity contribution in [3.05, 3.63) is 77.9 Å². The maximum absolute atomic E-state index is 10.5. The lowest BCUT2D eigenvalue weighted by Crippen LogP contribution is -2.09. The highest BCUT2D eigenvalue weighted by molar-refractivity contribution is 5.94. The minimum absolute atomic E-state index is 0.379. The number of ether oxygens (including phenoxy) is 1. The lowest BCUT2D eigenvalue weighted by molar-refractivity contribution is -0.139. The van der Waals surface area contributed by atoms with Crippen LogP contribution in [0.1, 0.15) is 11.1 Å². The maximum atomic E-state index is 10.5. The molecule has 25 heavy (non-hydrogen) atoms. The number of hydrogen-bond acceptors (Lipinski definition) is 3. The zero-order chi connectivity index (χ0) is 17.6. The van der Waals surface area contributed by atoms with E-state index in [1.165, 1.54) is 0 Å². The van der Waals surface area contributed by atoms with E-state index in [0.29, 0.717) is 11.3 Å². The molecule has 0 aliphatic rings. The van der Waals surface area contributed by atoms with Gasteiger partial charge in [0.25, 0.3) is 0 Å². The van der Waals surface area contributed by atoms with Gasteiger partial charge in [-0.1, -0.05) is 48.5 Å². The summed E-state index contributed by atoms with van der Waals surface area (Å²) in [5.41, 5.74) is 2.25. The van der Waals surface area contributed by atoms with Crippen LogP contribution in [-0.2, 0) is 4.79 Å². The number of nitriles is 1. The van der Waals surface area contributed by atoms with E-state index in [9.17, 15) is 10.1 Å². The Kier molecular flexibility index (Phi) is 4.77.